The Morgan fingerprint density at radius 1 is 1.33 bits per heavy atom. The lowest BCUT2D eigenvalue weighted by atomic mass is 9.89. The number of hydrogen-bond acceptors (Lipinski definition) is 7. The average Bonchev–Trinajstić information content (AvgIpc) is 2.78. The van der Waals surface area contributed by atoms with Crippen LogP contribution in [0, 0.1) is 5.92 Å². The van der Waals surface area contributed by atoms with E-state index >= 15 is 0 Å². The SMILES string of the molecule is COc1cccc(C(C)/C=C/C=C(\C)[C@H]2OC(=O)C[C@H](O)CC[C@@](C)(O)[C@@H](O)/C=C/[C@@H]2C)n1. The Balaban J connectivity index is 2.21. The summed E-state index contributed by atoms with van der Waals surface area (Å²) >= 11 is 0. The first-order valence-electron chi connectivity index (χ1n) is 11.4. The van der Waals surface area contributed by atoms with Gasteiger partial charge in [-0.3, -0.25) is 4.79 Å². The molecule has 0 bridgehead atoms. The predicted molar refractivity (Wildman–Crippen MR) is 127 cm³/mol. The third kappa shape index (κ3) is 8.11. The summed E-state index contributed by atoms with van der Waals surface area (Å²) in [6.45, 7) is 7.30. The number of cyclic esters (lactones) is 1. The molecule has 1 aliphatic rings. The highest BCUT2D eigenvalue weighted by atomic mass is 16.5. The molecule has 0 saturated carbocycles. The molecule has 0 radical (unpaired) electrons. The molecule has 0 amide bonds. The van der Waals surface area contributed by atoms with E-state index in [0.717, 1.165) is 11.3 Å². The molecule has 0 saturated heterocycles. The van der Waals surface area contributed by atoms with Crippen LogP contribution < -0.4 is 4.74 Å². The summed E-state index contributed by atoms with van der Waals surface area (Å²) in [5, 5.41) is 31.1. The Kier molecular flexibility index (Phi) is 9.83. The minimum Gasteiger partial charge on any atom is -0.481 e. The first-order valence-corrected chi connectivity index (χ1v) is 11.4. The number of nitrogens with zero attached hydrogens (tertiary/aromatic N) is 1. The van der Waals surface area contributed by atoms with E-state index in [-0.39, 0.29) is 31.1 Å². The summed E-state index contributed by atoms with van der Waals surface area (Å²) in [5.41, 5.74) is 0.295. The Morgan fingerprint density at radius 3 is 2.76 bits per heavy atom. The number of methoxy groups -OCH3 is 1. The van der Waals surface area contributed by atoms with E-state index in [1.807, 2.05) is 51.1 Å². The highest BCUT2D eigenvalue weighted by Crippen LogP contribution is 2.25. The maximum atomic E-state index is 12.4. The van der Waals surface area contributed by atoms with Gasteiger partial charge in [0.25, 0.3) is 0 Å². The third-order valence-electron chi connectivity index (χ3n) is 5.98. The Morgan fingerprint density at radius 2 is 2.06 bits per heavy atom. The zero-order valence-corrected chi connectivity index (χ0v) is 20.1. The third-order valence-corrected chi connectivity index (χ3v) is 5.98. The Labute approximate surface area is 196 Å². The van der Waals surface area contributed by atoms with Crippen LogP contribution in [0.3, 0.4) is 0 Å². The summed E-state index contributed by atoms with van der Waals surface area (Å²) in [6.07, 6.45) is 6.61. The molecule has 1 aliphatic heterocycles. The number of pyridine rings is 1. The molecule has 7 nitrogen and oxygen atoms in total. The van der Waals surface area contributed by atoms with Gasteiger partial charge >= 0.3 is 5.97 Å². The molecule has 7 heteroatoms. The quantitative estimate of drug-likeness (QED) is 0.351. The van der Waals surface area contributed by atoms with Crippen LogP contribution in [0.5, 0.6) is 5.88 Å². The van der Waals surface area contributed by atoms with E-state index in [1.54, 1.807) is 19.3 Å². The van der Waals surface area contributed by atoms with Crippen LogP contribution in [0.1, 0.15) is 58.6 Å². The van der Waals surface area contributed by atoms with Crippen molar-refractivity contribution in [2.45, 2.75) is 76.8 Å². The van der Waals surface area contributed by atoms with Gasteiger partial charge < -0.3 is 24.8 Å². The summed E-state index contributed by atoms with van der Waals surface area (Å²) in [7, 11) is 1.58. The summed E-state index contributed by atoms with van der Waals surface area (Å²) in [6, 6.07) is 5.62. The first-order chi connectivity index (χ1) is 15.5. The van der Waals surface area contributed by atoms with E-state index < -0.39 is 29.9 Å². The van der Waals surface area contributed by atoms with Crippen LogP contribution in [0.4, 0.5) is 0 Å². The summed E-state index contributed by atoms with van der Waals surface area (Å²) in [5.74, 6) is -0.145. The number of allylic oxidation sites excluding steroid dienone is 3. The van der Waals surface area contributed by atoms with Gasteiger partial charge in [-0.15, -0.1) is 0 Å². The standard InChI is InChI=1S/C26H37NO6/c1-17(21-10-7-11-23(27-21)32-5)8-6-9-18(2)25-19(3)12-13-22(29)26(4,31)15-14-20(28)16-24(30)33-25/h6-13,17,19-20,22,25,28-29,31H,14-16H2,1-5H3/b8-6+,13-12+,18-9+/t17?,19-,20+,22-,25+,26+/m0/s1. The topological polar surface area (TPSA) is 109 Å². The molecule has 6 atom stereocenters. The Bertz CT molecular complexity index is 875. The fourth-order valence-corrected chi connectivity index (χ4v) is 3.66. The molecule has 1 unspecified atom stereocenters. The van der Waals surface area contributed by atoms with E-state index in [0.29, 0.717) is 5.88 Å². The van der Waals surface area contributed by atoms with Gasteiger partial charge in [-0.05, 0) is 38.3 Å². The fourth-order valence-electron chi connectivity index (χ4n) is 3.66. The van der Waals surface area contributed by atoms with E-state index in [1.165, 1.54) is 13.0 Å². The van der Waals surface area contributed by atoms with Crippen LogP contribution in [0.15, 0.2) is 54.2 Å². The Hall–Kier alpha value is -2.48. The zero-order valence-electron chi connectivity index (χ0n) is 20.1. The molecule has 0 aliphatic carbocycles. The second-order valence-electron chi connectivity index (χ2n) is 9.04. The highest BCUT2D eigenvalue weighted by molar-refractivity contribution is 5.70. The van der Waals surface area contributed by atoms with Gasteiger partial charge in [0, 0.05) is 17.9 Å². The number of rotatable bonds is 5. The van der Waals surface area contributed by atoms with E-state index in [9.17, 15) is 20.1 Å². The van der Waals surface area contributed by atoms with Gasteiger partial charge in [-0.1, -0.05) is 50.3 Å². The number of aliphatic hydroxyl groups is 3. The minimum absolute atomic E-state index is 0.0489. The fraction of sp³-hybridized carbons (Fsp3) is 0.538. The number of carbonyl (C=O) groups excluding carboxylic acids is 1. The van der Waals surface area contributed by atoms with Gasteiger partial charge in [-0.2, -0.15) is 0 Å². The predicted octanol–water partition coefficient (Wildman–Crippen LogP) is 3.46. The number of ether oxygens (including phenoxy) is 2. The van der Waals surface area contributed by atoms with Crippen molar-refractivity contribution >= 4 is 5.97 Å². The highest BCUT2D eigenvalue weighted by Gasteiger charge is 2.31. The summed E-state index contributed by atoms with van der Waals surface area (Å²) < 4.78 is 10.9. The minimum atomic E-state index is -1.40. The van der Waals surface area contributed by atoms with Crippen molar-refractivity contribution in [2.24, 2.45) is 5.92 Å². The molecule has 0 spiro atoms. The molecule has 33 heavy (non-hydrogen) atoms. The molecule has 0 aromatic carbocycles. The number of carbonyl (C=O) groups is 1. The molecule has 1 aromatic heterocycles. The lowest BCUT2D eigenvalue weighted by molar-refractivity contribution is -0.151. The lowest BCUT2D eigenvalue weighted by Gasteiger charge is -2.30. The van der Waals surface area contributed by atoms with Gasteiger partial charge in [0.05, 0.1) is 30.9 Å². The van der Waals surface area contributed by atoms with Gasteiger partial charge in [0.2, 0.25) is 5.88 Å². The van der Waals surface area contributed by atoms with E-state index in [4.69, 9.17) is 9.47 Å². The van der Waals surface area contributed by atoms with Crippen molar-refractivity contribution in [1.82, 2.24) is 4.98 Å². The number of aliphatic hydroxyl groups excluding tert-OH is 2. The second kappa shape index (κ2) is 12.1. The molecule has 182 valence electrons. The van der Waals surface area contributed by atoms with Crippen molar-refractivity contribution in [3.05, 3.63) is 59.8 Å². The molecular weight excluding hydrogens is 422 g/mol. The monoisotopic (exact) mass is 459 g/mol. The van der Waals surface area contributed by atoms with Crippen LogP contribution in [0.2, 0.25) is 0 Å². The molecule has 0 fully saturated rings. The first kappa shape index (κ1) is 26.8. The second-order valence-corrected chi connectivity index (χ2v) is 9.04. The largest absolute Gasteiger partial charge is 0.481 e. The van der Waals surface area contributed by atoms with Crippen molar-refractivity contribution < 1.29 is 29.6 Å². The molecule has 2 heterocycles. The van der Waals surface area contributed by atoms with Crippen molar-refractivity contribution in [3.63, 3.8) is 0 Å². The lowest BCUT2D eigenvalue weighted by Crippen LogP contribution is -2.39. The zero-order chi connectivity index (χ0) is 24.6. The van der Waals surface area contributed by atoms with Crippen molar-refractivity contribution in [3.8, 4) is 5.88 Å². The normalized spacial score (nSPS) is 31.9. The van der Waals surface area contributed by atoms with Crippen LogP contribution in [-0.2, 0) is 9.53 Å². The molecular formula is C26H37NO6. The average molecular weight is 460 g/mol. The maximum Gasteiger partial charge on any atom is 0.309 e. The summed E-state index contributed by atoms with van der Waals surface area (Å²) in [4.78, 5) is 16.9. The van der Waals surface area contributed by atoms with Gasteiger partial charge in [-0.25, -0.2) is 4.98 Å². The number of esters is 1. The molecule has 2 rings (SSSR count). The van der Waals surface area contributed by atoms with Gasteiger partial charge in [0.1, 0.15) is 12.2 Å². The molecule has 3 N–H and O–H groups in total. The van der Waals surface area contributed by atoms with Gasteiger partial charge in [0.15, 0.2) is 0 Å². The number of hydrogen-bond donors (Lipinski definition) is 3. The van der Waals surface area contributed by atoms with Crippen LogP contribution in [-0.4, -0.2) is 57.3 Å². The van der Waals surface area contributed by atoms with E-state index in [2.05, 4.69) is 4.98 Å². The smallest absolute Gasteiger partial charge is 0.309 e. The van der Waals surface area contributed by atoms with Crippen molar-refractivity contribution in [2.75, 3.05) is 7.11 Å². The maximum absolute atomic E-state index is 12.4. The van der Waals surface area contributed by atoms with Crippen LogP contribution >= 0.6 is 0 Å². The van der Waals surface area contributed by atoms with Crippen molar-refractivity contribution in [1.29, 1.82) is 0 Å². The number of aromatic nitrogens is 1. The molecule has 1 aromatic rings. The van der Waals surface area contributed by atoms with Crippen LogP contribution in [0.25, 0.3) is 0 Å².